The molecule has 124 valence electrons. The second kappa shape index (κ2) is 7.53. The van der Waals surface area contributed by atoms with Gasteiger partial charge in [0.1, 0.15) is 5.75 Å². The van der Waals surface area contributed by atoms with Gasteiger partial charge in [0.05, 0.1) is 0 Å². The van der Waals surface area contributed by atoms with E-state index < -0.39 is 6.10 Å². The summed E-state index contributed by atoms with van der Waals surface area (Å²) in [5.74, 6) is 0.955. The average molecular weight is 341 g/mol. The minimum Gasteiger partial charge on any atom is -0.481 e. The van der Waals surface area contributed by atoms with Crippen LogP contribution in [0.15, 0.2) is 53.4 Å². The maximum absolute atomic E-state index is 11.8. The SMILES string of the molecule is Cc1cc(OC2CCC(=O)NC2=O)cc(SCc2ccccc2)c1. The number of carbonyl (C=O) groups excluding carboxylic acids is 2. The molecule has 0 aromatic heterocycles. The molecule has 0 aliphatic carbocycles. The van der Waals surface area contributed by atoms with Crippen molar-refractivity contribution in [2.75, 3.05) is 0 Å². The number of hydrogen-bond acceptors (Lipinski definition) is 4. The third-order valence-corrected chi connectivity index (χ3v) is 4.79. The van der Waals surface area contributed by atoms with Crippen molar-refractivity contribution in [1.82, 2.24) is 5.32 Å². The van der Waals surface area contributed by atoms with Crippen LogP contribution in [0.2, 0.25) is 0 Å². The molecular formula is C19H19NO3S. The van der Waals surface area contributed by atoms with Crippen molar-refractivity contribution in [3.8, 4) is 5.75 Å². The Balaban J connectivity index is 1.67. The smallest absolute Gasteiger partial charge is 0.267 e. The van der Waals surface area contributed by atoms with E-state index >= 15 is 0 Å². The summed E-state index contributed by atoms with van der Waals surface area (Å²) in [5, 5.41) is 2.32. The lowest BCUT2D eigenvalue weighted by atomic mass is 10.1. The Kier molecular flexibility index (Phi) is 5.20. The summed E-state index contributed by atoms with van der Waals surface area (Å²) in [7, 11) is 0. The third-order valence-electron chi connectivity index (χ3n) is 3.74. The van der Waals surface area contributed by atoms with Crippen molar-refractivity contribution >= 4 is 23.6 Å². The molecule has 1 unspecified atom stereocenters. The van der Waals surface area contributed by atoms with Gasteiger partial charge in [0.2, 0.25) is 5.91 Å². The fraction of sp³-hybridized carbons (Fsp3) is 0.263. The molecule has 1 fully saturated rings. The molecular weight excluding hydrogens is 322 g/mol. The summed E-state index contributed by atoms with van der Waals surface area (Å²) in [6, 6.07) is 16.2. The van der Waals surface area contributed by atoms with E-state index in [2.05, 4.69) is 23.5 Å². The molecule has 1 N–H and O–H groups in total. The van der Waals surface area contributed by atoms with Gasteiger partial charge >= 0.3 is 0 Å². The van der Waals surface area contributed by atoms with E-state index in [9.17, 15) is 9.59 Å². The highest BCUT2D eigenvalue weighted by Crippen LogP contribution is 2.29. The normalized spacial score (nSPS) is 17.5. The quantitative estimate of drug-likeness (QED) is 0.668. The standard InChI is InChI=1S/C19H19NO3S/c1-13-9-15(23-17-7-8-18(21)20-19(17)22)11-16(10-13)24-12-14-5-3-2-4-6-14/h2-6,9-11,17H,7-8,12H2,1H3,(H,20,21,22). The Morgan fingerprint density at radius 2 is 1.96 bits per heavy atom. The molecule has 5 heteroatoms. The van der Waals surface area contributed by atoms with E-state index in [1.165, 1.54) is 5.56 Å². The molecule has 3 rings (SSSR count). The Morgan fingerprint density at radius 3 is 2.71 bits per heavy atom. The molecule has 24 heavy (non-hydrogen) atoms. The van der Waals surface area contributed by atoms with E-state index in [1.54, 1.807) is 11.8 Å². The van der Waals surface area contributed by atoms with Crippen LogP contribution >= 0.6 is 11.8 Å². The summed E-state index contributed by atoms with van der Waals surface area (Å²) < 4.78 is 5.81. The largest absolute Gasteiger partial charge is 0.481 e. The number of thioether (sulfide) groups is 1. The maximum Gasteiger partial charge on any atom is 0.267 e. The minimum atomic E-state index is -0.600. The number of aryl methyl sites for hydroxylation is 1. The van der Waals surface area contributed by atoms with Crippen molar-refractivity contribution in [2.45, 2.75) is 36.5 Å². The highest BCUT2D eigenvalue weighted by atomic mass is 32.2. The van der Waals surface area contributed by atoms with Crippen LogP contribution in [-0.2, 0) is 15.3 Å². The Morgan fingerprint density at radius 1 is 1.17 bits per heavy atom. The molecule has 0 bridgehead atoms. The van der Waals surface area contributed by atoms with Crippen LogP contribution in [0.25, 0.3) is 0 Å². The van der Waals surface area contributed by atoms with E-state index in [1.807, 2.05) is 37.3 Å². The number of amides is 2. The zero-order valence-electron chi connectivity index (χ0n) is 13.5. The maximum atomic E-state index is 11.8. The molecule has 0 radical (unpaired) electrons. The van der Waals surface area contributed by atoms with E-state index in [-0.39, 0.29) is 11.8 Å². The van der Waals surface area contributed by atoms with Gasteiger partial charge in [-0.25, -0.2) is 0 Å². The van der Waals surface area contributed by atoms with Gasteiger partial charge in [-0.2, -0.15) is 0 Å². The Bertz CT molecular complexity index is 746. The highest BCUT2D eigenvalue weighted by Gasteiger charge is 2.28. The fourth-order valence-electron chi connectivity index (χ4n) is 2.56. The highest BCUT2D eigenvalue weighted by molar-refractivity contribution is 7.98. The number of benzene rings is 2. The molecule has 2 aromatic rings. The second-order valence-corrected chi connectivity index (χ2v) is 6.86. The van der Waals surface area contributed by atoms with Crippen LogP contribution < -0.4 is 10.1 Å². The number of rotatable bonds is 5. The molecule has 1 heterocycles. The Labute approximate surface area is 145 Å². The predicted octanol–water partition coefficient (Wildman–Crippen LogP) is 3.47. The fourth-order valence-corrected chi connectivity index (χ4v) is 3.55. The molecule has 1 atom stereocenters. The van der Waals surface area contributed by atoms with Crippen LogP contribution in [-0.4, -0.2) is 17.9 Å². The molecule has 0 spiro atoms. The lowest BCUT2D eigenvalue weighted by molar-refractivity contribution is -0.138. The van der Waals surface area contributed by atoms with E-state index in [0.717, 1.165) is 16.2 Å². The van der Waals surface area contributed by atoms with Crippen molar-refractivity contribution in [3.63, 3.8) is 0 Å². The number of carbonyl (C=O) groups is 2. The van der Waals surface area contributed by atoms with Crippen LogP contribution in [0.5, 0.6) is 5.75 Å². The molecule has 1 aliphatic heterocycles. The van der Waals surface area contributed by atoms with Gasteiger partial charge in [0, 0.05) is 23.5 Å². The summed E-state index contributed by atoms with van der Waals surface area (Å²) in [6.07, 6.45) is 0.139. The molecule has 1 aliphatic rings. The monoisotopic (exact) mass is 341 g/mol. The topological polar surface area (TPSA) is 55.4 Å². The molecule has 2 amide bonds. The second-order valence-electron chi connectivity index (χ2n) is 5.81. The first-order valence-electron chi connectivity index (χ1n) is 7.89. The zero-order valence-corrected chi connectivity index (χ0v) is 14.3. The summed E-state index contributed by atoms with van der Waals surface area (Å²) in [6.45, 7) is 2.00. The van der Waals surface area contributed by atoms with Crippen molar-refractivity contribution in [3.05, 3.63) is 59.7 Å². The summed E-state index contributed by atoms with van der Waals surface area (Å²) in [4.78, 5) is 24.1. The number of nitrogens with one attached hydrogen (secondary N) is 1. The van der Waals surface area contributed by atoms with E-state index in [0.29, 0.717) is 18.6 Å². The first kappa shape index (κ1) is 16.6. The molecule has 1 saturated heterocycles. The van der Waals surface area contributed by atoms with Crippen molar-refractivity contribution in [1.29, 1.82) is 0 Å². The van der Waals surface area contributed by atoms with Crippen LogP contribution in [0.4, 0.5) is 0 Å². The molecule has 0 saturated carbocycles. The van der Waals surface area contributed by atoms with Gasteiger partial charge in [-0.3, -0.25) is 14.9 Å². The van der Waals surface area contributed by atoms with Crippen molar-refractivity contribution in [2.24, 2.45) is 0 Å². The summed E-state index contributed by atoms with van der Waals surface area (Å²) in [5.41, 5.74) is 2.34. The average Bonchev–Trinajstić information content (AvgIpc) is 2.56. The number of piperidine rings is 1. The first-order valence-corrected chi connectivity index (χ1v) is 8.87. The van der Waals surface area contributed by atoms with Crippen molar-refractivity contribution < 1.29 is 14.3 Å². The van der Waals surface area contributed by atoms with Crippen LogP contribution in [0, 0.1) is 6.92 Å². The number of ether oxygens (including phenoxy) is 1. The number of imide groups is 1. The Hall–Kier alpha value is -2.27. The first-order chi connectivity index (χ1) is 11.6. The van der Waals surface area contributed by atoms with Gasteiger partial charge in [-0.05, 0) is 36.2 Å². The lowest BCUT2D eigenvalue weighted by Gasteiger charge is -2.22. The lowest BCUT2D eigenvalue weighted by Crippen LogP contribution is -2.46. The van der Waals surface area contributed by atoms with Gasteiger partial charge in [-0.15, -0.1) is 11.8 Å². The minimum absolute atomic E-state index is 0.233. The zero-order chi connectivity index (χ0) is 16.9. The van der Waals surface area contributed by atoms with Crippen LogP contribution in [0.1, 0.15) is 24.0 Å². The van der Waals surface area contributed by atoms with Gasteiger partial charge < -0.3 is 4.74 Å². The van der Waals surface area contributed by atoms with Gasteiger partial charge in [0.25, 0.3) is 5.91 Å². The predicted molar refractivity (Wildman–Crippen MR) is 94.0 cm³/mol. The third kappa shape index (κ3) is 4.38. The van der Waals surface area contributed by atoms with Gasteiger partial charge in [-0.1, -0.05) is 30.3 Å². The van der Waals surface area contributed by atoms with Crippen LogP contribution in [0.3, 0.4) is 0 Å². The summed E-state index contributed by atoms with van der Waals surface area (Å²) >= 11 is 1.73. The molecule has 4 nitrogen and oxygen atoms in total. The van der Waals surface area contributed by atoms with E-state index in [4.69, 9.17) is 4.74 Å². The van der Waals surface area contributed by atoms with Gasteiger partial charge in [0.15, 0.2) is 6.10 Å². The molecule has 2 aromatic carbocycles. The number of hydrogen-bond donors (Lipinski definition) is 1.